The molecule has 0 aromatic heterocycles. The van der Waals surface area contributed by atoms with Crippen LogP contribution in [0.4, 0.5) is 15.8 Å². The largest absolute Gasteiger partial charge is 0.481 e. The summed E-state index contributed by atoms with van der Waals surface area (Å²) in [6.07, 6.45) is 9.80. The van der Waals surface area contributed by atoms with Crippen molar-refractivity contribution in [3.05, 3.63) is 53.8 Å². The highest BCUT2D eigenvalue weighted by molar-refractivity contribution is 7.97. The Hall–Kier alpha value is -2.05. The fraction of sp³-hybridized carbons (Fsp3) is 0.458. The van der Waals surface area contributed by atoms with E-state index < -0.39 is 5.97 Å². The van der Waals surface area contributed by atoms with E-state index in [1.54, 1.807) is 6.07 Å². The fourth-order valence-electron chi connectivity index (χ4n) is 3.67. The third-order valence-electron chi connectivity index (χ3n) is 5.27. The number of hydrogen-bond donors (Lipinski definition) is 2. The lowest BCUT2D eigenvalue weighted by Crippen LogP contribution is -2.17. The number of nitrogens with two attached hydrogens (primary N) is 1. The van der Waals surface area contributed by atoms with Crippen LogP contribution in [0.1, 0.15) is 63.9 Å². The molecule has 1 fully saturated rings. The minimum atomic E-state index is -0.873. The van der Waals surface area contributed by atoms with Gasteiger partial charge < -0.3 is 10.0 Å². The highest BCUT2D eigenvalue weighted by atomic mass is 32.2. The van der Waals surface area contributed by atoms with E-state index in [9.17, 15) is 9.18 Å². The molecule has 0 radical (unpaired) electrons. The van der Waals surface area contributed by atoms with Crippen molar-refractivity contribution in [1.82, 2.24) is 0 Å². The number of nitrogens with zero attached hydrogens (tertiary/aromatic N) is 1. The summed E-state index contributed by atoms with van der Waals surface area (Å²) in [5.41, 5.74) is 2.18. The minimum absolute atomic E-state index is 0.0252. The third kappa shape index (κ3) is 7.65. The highest BCUT2D eigenvalue weighted by Gasteiger charge is 2.16. The number of aliphatic carboxylic acids is 1. The Morgan fingerprint density at radius 3 is 2.20 bits per heavy atom. The van der Waals surface area contributed by atoms with Gasteiger partial charge in [0.2, 0.25) is 0 Å². The first-order valence-electron chi connectivity index (χ1n) is 10.8. The molecule has 4 nitrogen and oxygen atoms in total. The lowest BCUT2D eigenvalue weighted by Gasteiger charge is -2.26. The van der Waals surface area contributed by atoms with Gasteiger partial charge in [-0.15, -0.1) is 0 Å². The Kier molecular flexibility index (Phi) is 10.7. The second-order valence-electron chi connectivity index (χ2n) is 7.48. The predicted molar refractivity (Wildman–Crippen MR) is 124 cm³/mol. The highest BCUT2D eigenvalue weighted by Crippen LogP contribution is 2.35. The molecule has 164 valence electrons. The molecule has 2 aromatic carbocycles. The first kappa shape index (κ1) is 24.2. The van der Waals surface area contributed by atoms with Crippen molar-refractivity contribution in [3.8, 4) is 0 Å². The summed E-state index contributed by atoms with van der Waals surface area (Å²) in [4.78, 5) is 13.4. The molecule has 1 saturated carbocycles. The van der Waals surface area contributed by atoms with E-state index >= 15 is 0 Å². The van der Waals surface area contributed by atoms with Gasteiger partial charge in [0.25, 0.3) is 0 Å². The van der Waals surface area contributed by atoms with Gasteiger partial charge in [0.1, 0.15) is 5.82 Å². The van der Waals surface area contributed by atoms with Gasteiger partial charge in [-0.3, -0.25) is 9.93 Å². The summed E-state index contributed by atoms with van der Waals surface area (Å²) in [6.45, 7) is 2.67. The quantitative estimate of drug-likeness (QED) is 0.455. The molecule has 2 aromatic rings. The SMILES string of the molecule is C1CCCCC1.CCN(c1ccccc1)c1cc(F)c(CCCC(=O)O)cc1SN. The third-order valence-corrected chi connectivity index (χ3v) is 5.85. The van der Waals surface area contributed by atoms with E-state index in [0.29, 0.717) is 24.9 Å². The Balaban J connectivity index is 0.000000456. The number of para-hydroxylation sites is 1. The molecule has 30 heavy (non-hydrogen) atoms. The number of anilines is 2. The van der Waals surface area contributed by atoms with E-state index in [1.807, 2.05) is 42.2 Å². The molecule has 1 aliphatic carbocycles. The molecule has 0 amide bonds. The summed E-state index contributed by atoms with van der Waals surface area (Å²) in [5.74, 6) is -1.20. The van der Waals surface area contributed by atoms with E-state index in [0.717, 1.165) is 28.2 Å². The summed E-state index contributed by atoms with van der Waals surface area (Å²) < 4.78 is 14.5. The summed E-state index contributed by atoms with van der Waals surface area (Å²) in [7, 11) is 0. The maximum absolute atomic E-state index is 14.5. The number of carbonyl (C=O) groups is 1. The standard InChI is InChI=1S/C18H21FN2O2S.C6H12/c1-2-21(14-8-4-3-5-9-14)16-12-15(19)13(11-17(16)24-20)7-6-10-18(22)23;1-2-4-6-5-3-1/h3-5,8-9,11-12H,2,6-7,10,20H2,1H3,(H,22,23);1-6H2. The van der Waals surface area contributed by atoms with Gasteiger partial charge in [-0.2, -0.15) is 0 Å². The van der Waals surface area contributed by atoms with Gasteiger partial charge in [-0.05, 0) is 61.5 Å². The number of hydrogen-bond acceptors (Lipinski definition) is 4. The first-order valence-corrected chi connectivity index (χ1v) is 11.7. The maximum Gasteiger partial charge on any atom is 0.303 e. The van der Waals surface area contributed by atoms with E-state index in [-0.39, 0.29) is 12.2 Å². The number of carboxylic acid groups (broad SMARTS) is 1. The molecule has 0 unspecified atom stereocenters. The molecule has 0 atom stereocenters. The monoisotopic (exact) mass is 432 g/mol. The van der Waals surface area contributed by atoms with Crippen molar-refractivity contribution >= 4 is 29.3 Å². The molecule has 3 rings (SSSR count). The summed E-state index contributed by atoms with van der Waals surface area (Å²) >= 11 is 1.07. The van der Waals surface area contributed by atoms with Crippen molar-refractivity contribution < 1.29 is 14.3 Å². The molecule has 0 heterocycles. The Bertz CT molecular complexity index is 771. The first-order chi connectivity index (χ1) is 14.6. The molecule has 1 aliphatic rings. The van der Waals surface area contributed by atoms with Crippen LogP contribution in [0.2, 0.25) is 0 Å². The normalized spacial score (nSPS) is 13.3. The molecule has 0 bridgehead atoms. The number of benzene rings is 2. The van der Waals surface area contributed by atoms with Crippen molar-refractivity contribution in [1.29, 1.82) is 0 Å². The number of aryl methyl sites for hydroxylation is 1. The molecule has 0 saturated heterocycles. The second-order valence-corrected chi connectivity index (χ2v) is 8.15. The van der Waals surface area contributed by atoms with Crippen LogP contribution >= 0.6 is 11.9 Å². The topological polar surface area (TPSA) is 66.6 Å². The van der Waals surface area contributed by atoms with Crippen LogP contribution in [0.15, 0.2) is 47.4 Å². The average Bonchev–Trinajstić information content (AvgIpc) is 2.78. The Morgan fingerprint density at radius 2 is 1.70 bits per heavy atom. The van der Waals surface area contributed by atoms with Crippen LogP contribution in [0, 0.1) is 5.82 Å². The van der Waals surface area contributed by atoms with Gasteiger partial charge in [0, 0.05) is 23.5 Å². The van der Waals surface area contributed by atoms with Crippen LogP contribution in [-0.2, 0) is 11.2 Å². The zero-order chi connectivity index (χ0) is 21.8. The van der Waals surface area contributed by atoms with Gasteiger partial charge in [0.15, 0.2) is 0 Å². The summed E-state index contributed by atoms with van der Waals surface area (Å²) in [5, 5.41) is 14.5. The van der Waals surface area contributed by atoms with E-state index in [1.165, 1.54) is 44.6 Å². The smallest absolute Gasteiger partial charge is 0.303 e. The Labute approximate surface area is 183 Å². The minimum Gasteiger partial charge on any atom is -0.481 e. The molecule has 6 heteroatoms. The predicted octanol–water partition coefficient (Wildman–Crippen LogP) is 6.70. The van der Waals surface area contributed by atoms with Crippen LogP contribution in [0.5, 0.6) is 0 Å². The lowest BCUT2D eigenvalue weighted by molar-refractivity contribution is -0.137. The maximum atomic E-state index is 14.5. The Morgan fingerprint density at radius 1 is 1.10 bits per heavy atom. The van der Waals surface area contributed by atoms with Crippen LogP contribution < -0.4 is 10.0 Å². The second kappa shape index (κ2) is 13.3. The van der Waals surface area contributed by atoms with E-state index in [2.05, 4.69) is 0 Å². The van der Waals surface area contributed by atoms with Gasteiger partial charge in [-0.25, -0.2) is 4.39 Å². The number of rotatable bonds is 8. The zero-order valence-corrected chi connectivity index (χ0v) is 18.6. The van der Waals surface area contributed by atoms with Gasteiger partial charge >= 0.3 is 5.97 Å². The summed E-state index contributed by atoms with van der Waals surface area (Å²) in [6, 6.07) is 12.9. The van der Waals surface area contributed by atoms with Crippen LogP contribution in [-0.4, -0.2) is 17.6 Å². The van der Waals surface area contributed by atoms with Crippen LogP contribution in [0.25, 0.3) is 0 Å². The molecule has 0 spiro atoms. The zero-order valence-electron chi connectivity index (χ0n) is 17.8. The van der Waals surface area contributed by atoms with E-state index in [4.69, 9.17) is 10.2 Å². The molecule has 3 N–H and O–H groups in total. The fourth-order valence-corrected chi connectivity index (χ4v) is 4.17. The number of halogens is 1. The average molecular weight is 433 g/mol. The van der Waals surface area contributed by atoms with Crippen molar-refractivity contribution in [2.75, 3.05) is 11.4 Å². The lowest BCUT2D eigenvalue weighted by atomic mass is 10.0. The molecular formula is C24H33FN2O2S. The van der Waals surface area contributed by atoms with Crippen molar-refractivity contribution in [2.45, 2.75) is 69.6 Å². The molecular weight excluding hydrogens is 399 g/mol. The van der Waals surface area contributed by atoms with Crippen LogP contribution in [0.3, 0.4) is 0 Å². The number of carboxylic acids is 1. The van der Waals surface area contributed by atoms with Gasteiger partial charge in [0.05, 0.1) is 5.69 Å². The van der Waals surface area contributed by atoms with Gasteiger partial charge in [-0.1, -0.05) is 56.7 Å². The molecule has 0 aliphatic heterocycles. The van der Waals surface area contributed by atoms with Crippen molar-refractivity contribution in [3.63, 3.8) is 0 Å². The van der Waals surface area contributed by atoms with Crippen molar-refractivity contribution in [2.24, 2.45) is 5.14 Å².